The number of cyclic esters (lactones) is 2. The maximum atomic E-state index is 12.9. The van der Waals surface area contributed by atoms with Crippen LogP contribution in [0.2, 0.25) is 0 Å². The minimum atomic E-state index is -0.301. The second-order valence-electron chi connectivity index (χ2n) is 19.1. The van der Waals surface area contributed by atoms with Crippen LogP contribution in [-0.2, 0) is 22.6 Å². The summed E-state index contributed by atoms with van der Waals surface area (Å²) >= 11 is 0. The van der Waals surface area contributed by atoms with Gasteiger partial charge < -0.3 is 30.1 Å². The van der Waals surface area contributed by atoms with Crippen molar-refractivity contribution in [1.82, 2.24) is 28.9 Å². The second kappa shape index (κ2) is 20.1. The third-order valence-electron chi connectivity index (χ3n) is 11.8. The molecule has 0 radical (unpaired) electrons. The first kappa shape index (κ1) is 45.8. The minimum Gasteiger partial charge on any atom is -0.449 e. The molecule has 12 heteroatoms. The predicted molar refractivity (Wildman–Crippen MR) is 252 cm³/mol. The van der Waals surface area contributed by atoms with E-state index in [2.05, 4.69) is 112 Å². The summed E-state index contributed by atoms with van der Waals surface area (Å²) in [6, 6.07) is 40.4. The smallest absolute Gasteiger partial charge is 0.410 e. The fourth-order valence-electron chi connectivity index (χ4n) is 8.66. The summed E-state index contributed by atoms with van der Waals surface area (Å²) < 4.78 is 15.4. The molecular formula is C52H64N8O4. The molecule has 0 aliphatic carbocycles. The molecule has 336 valence electrons. The van der Waals surface area contributed by atoms with Gasteiger partial charge in [-0.3, -0.25) is 9.80 Å². The maximum absolute atomic E-state index is 12.9. The Bertz CT molecular complexity index is 2250. The normalized spacial score (nSPS) is 17.8. The highest BCUT2D eigenvalue weighted by Crippen LogP contribution is 2.42. The van der Waals surface area contributed by atoms with Crippen LogP contribution in [0.25, 0.3) is 22.5 Å². The number of nitrogens with two attached hydrogens (primary N) is 2. The summed E-state index contributed by atoms with van der Waals surface area (Å²) in [6.07, 6.45) is 3.58. The van der Waals surface area contributed by atoms with Crippen LogP contribution in [0.1, 0.15) is 76.4 Å². The second-order valence-corrected chi connectivity index (χ2v) is 19.1. The molecule has 0 unspecified atom stereocenters. The van der Waals surface area contributed by atoms with Crippen LogP contribution >= 0.6 is 0 Å². The first-order valence-electron chi connectivity index (χ1n) is 22.3. The molecule has 0 bridgehead atoms. The highest BCUT2D eigenvalue weighted by molar-refractivity contribution is 5.70. The Morgan fingerprint density at radius 1 is 0.547 bits per heavy atom. The molecule has 8 rings (SSSR count). The Morgan fingerprint density at radius 2 is 0.875 bits per heavy atom. The lowest BCUT2D eigenvalue weighted by molar-refractivity contribution is 0.000530. The van der Waals surface area contributed by atoms with E-state index in [0.717, 1.165) is 34.2 Å². The molecule has 6 aromatic rings. The van der Waals surface area contributed by atoms with Gasteiger partial charge in [-0.15, -0.1) is 0 Å². The molecule has 4 N–H and O–H groups in total. The van der Waals surface area contributed by atoms with Crippen molar-refractivity contribution in [2.24, 2.45) is 34.1 Å². The first-order chi connectivity index (χ1) is 30.7. The average molecular weight is 865 g/mol. The van der Waals surface area contributed by atoms with Crippen LogP contribution in [0.4, 0.5) is 9.59 Å². The van der Waals surface area contributed by atoms with Crippen LogP contribution in [0.5, 0.6) is 0 Å². The van der Waals surface area contributed by atoms with Gasteiger partial charge in [0, 0.05) is 74.6 Å². The van der Waals surface area contributed by atoms with Gasteiger partial charge in [-0.2, -0.15) is 0 Å². The van der Waals surface area contributed by atoms with E-state index in [1.54, 1.807) is 0 Å². The zero-order valence-corrected chi connectivity index (χ0v) is 38.1. The van der Waals surface area contributed by atoms with Crippen LogP contribution in [-0.4, -0.2) is 80.5 Å². The SMILES string of the molecule is CC(C)(C)[C@H](c1nc(-c2ccccc2)cn1Cc1ccccc1)N1C[C@@H](CN)COC1=O.CC(C)(C)[C@H](c1nc(-c2ccccc2)cn1Cc1ccccc1)N1C[C@H](CN)COC1=O. The van der Waals surface area contributed by atoms with E-state index in [1.807, 2.05) is 82.6 Å². The van der Waals surface area contributed by atoms with Gasteiger partial charge in [-0.1, -0.05) is 163 Å². The molecule has 2 aromatic heterocycles. The number of hydrogen-bond acceptors (Lipinski definition) is 8. The van der Waals surface area contributed by atoms with Crippen LogP contribution in [0, 0.1) is 22.7 Å². The van der Waals surface area contributed by atoms with Gasteiger partial charge in [0.15, 0.2) is 0 Å². The zero-order chi connectivity index (χ0) is 45.4. The van der Waals surface area contributed by atoms with Gasteiger partial charge in [0.05, 0.1) is 36.7 Å². The Kier molecular flexibility index (Phi) is 14.4. The molecular weight excluding hydrogens is 801 g/mol. The molecule has 2 amide bonds. The summed E-state index contributed by atoms with van der Waals surface area (Å²) in [4.78, 5) is 39.6. The Hall–Kier alpha value is -6.24. The summed E-state index contributed by atoms with van der Waals surface area (Å²) in [5, 5.41) is 0. The van der Waals surface area contributed by atoms with Crippen molar-refractivity contribution >= 4 is 12.2 Å². The highest BCUT2D eigenvalue weighted by atomic mass is 16.6. The summed E-state index contributed by atoms with van der Waals surface area (Å²) in [5.74, 6) is 1.94. The molecule has 2 aliphatic rings. The van der Waals surface area contributed by atoms with Crippen molar-refractivity contribution in [2.75, 3.05) is 39.4 Å². The minimum absolute atomic E-state index is 0.115. The zero-order valence-electron chi connectivity index (χ0n) is 38.1. The number of aromatic nitrogens is 4. The number of carbonyl (C=O) groups excluding carboxylic acids is 2. The molecule has 2 aliphatic heterocycles. The Balaban J connectivity index is 0.000000191. The fourth-order valence-corrected chi connectivity index (χ4v) is 8.66. The molecule has 0 saturated carbocycles. The number of nitrogens with zero attached hydrogens (tertiary/aromatic N) is 6. The van der Waals surface area contributed by atoms with E-state index in [1.165, 1.54) is 11.1 Å². The monoisotopic (exact) mass is 865 g/mol. The highest BCUT2D eigenvalue weighted by Gasteiger charge is 2.43. The first-order valence-corrected chi connectivity index (χ1v) is 22.3. The van der Waals surface area contributed by atoms with Crippen molar-refractivity contribution in [3.8, 4) is 22.5 Å². The number of hydrogen-bond donors (Lipinski definition) is 2. The van der Waals surface area contributed by atoms with Crippen LogP contribution in [0.3, 0.4) is 0 Å². The van der Waals surface area contributed by atoms with Gasteiger partial charge in [-0.05, 0) is 22.0 Å². The third-order valence-corrected chi connectivity index (χ3v) is 11.8. The van der Waals surface area contributed by atoms with E-state index in [-0.39, 0.29) is 46.9 Å². The Labute approximate surface area is 378 Å². The number of carbonyl (C=O) groups is 2. The van der Waals surface area contributed by atoms with Crippen molar-refractivity contribution < 1.29 is 19.1 Å². The van der Waals surface area contributed by atoms with Crippen molar-refractivity contribution in [1.29, 1.82) is 0 Å². The number of imidazole rings is 2. The van der Waals surface area contributed by atoms with E-state index < -0.39 is 0 Å². The lowest BCUT2D eigenvalue weighted by Gasteiger charge is -2.42. The summed E-state index contributed by atoms with van der Waals surface area (Å²) in [7, 11) is 0. The van der Waals surface area contributed by atoms with Gasteiger partial charge >= 0.3 is 12.2 Å². The molecule has 12 nitrogen and oxygen atoms in total. The van der Waals surface area contributed by atoms with E-state index in [9.17, 15) is 9.59 Å². The van der Waals surface area contributed by atoms with Gasteiger partial charge in [0.25, 0.3) is 0 Å². The molecule has 64 heavy (non-hydrogen) atoms. The van der Waals surface area contributed by atoms with Crippen LogP contribution in [0.15, 0.2) is 134 Å². The van der Waals surface area contributed by atoms with Gasteiger partial charge in [0.2, 0.25) is 0 Å². The number of ether oxygens (including phenoxy) is 2. The molecule has 4 heterocycles. The van der Waals surface area contributed by atoms with E-state index in [4.69, 9.17) is 30.9 Å². The lowest BCUT2D eigenvalue weighted by Crippen LogP contribution is -2.50. The van der Waals surface area contributed by atoms with Crippen molar-refractivity contribution in [3.05, 3.63) is 156 Å². The largest absolute Gasteiger partial charge is 0.449 e. The summed E-state index contributed by atoms with van der Waals surface area (Å²) in [5.41, 5.74) is 17.6. The van der Waals surface area contributed by atoms with Gasteiger partial charge in [-0.25, -0.2) is 19.6 Å². The number of amides is 2. The molecule has 4 aromatic carbocycles. The van der Waals surface area contributed by atoms with Crippen molar-refractivity contribution in [3.63, 3.8) is 0 Å². The van der Waals surface area contributed by atoms with E-state index >= 15 is 0 Å². The third kappa shape index (κ3) is 10.9. The van der Waals surface area contributed by atoms with Crippen LogP contribution < -0.4 is 11.5 Å². The molecule has 0 spiro atoms. The predicted octanol–water partition coefficient (Wildman–Crippen LogP) is 9.43. The molecule has 4 atom stereocenters. The standard InChI is InChI=1S/2C26H32N4O2/c2*1-26(2,3)23(30-16-20(14-27)18-32-25(30)31)24-28-22(21-12-8-5-9-13-21)17-29(24)15-19-10-6-4-7-11-19/h2*4-13,17,20,23H,14-16,18,27H2,1-3H3/t20-,23+;20-,23-/m10/s1. The van der Waals surface area contributed by atoms with E-state index in [0.29, 0.717) is 52.5 Å². The topological polar surface area (TPSA) is 147 Å². The van der Waals surface area contributed by atoms with Gasteiger partial charge in [0.1, 0.15) is 11.6 Å². The summed E-state index contributed by atoms with van der Waals surface area (Å²) in [6.45, 7) is 17.0. The maximum Gasteiger partial charge on any atom is 0.410 e. The number of benzene rings is 4. The van der Waals surface area contributed by atoms with Crippen molar-refractivity contribution in [2.45, 2.75) is 66.7 Å². The average Bonchev–Trinajstić information content (AvgIpc) is 3.89. The molecule has 2 saturated heterocycles. The quantitative estimate of drug-likeness (QED) is 0.124. The Morgan fingerprint density at radius 3 is 1.19 bits per heavy atom. The lowest BCUT2D eigenvalue weighted by atomic mass is 9.84. The fraction of sp³-hybridized carbons (Fsp3) is 0.385. The molecule has 2 fully saturated rings. The number of rotatable bonds is 12.